The van der Waals surface area contributed by atoms with Gasteiger partial charge in [-0.2, -0.15) is 0 Å². The molecule has 100 valence electrons. The Morgan fingerprint density at radius 2 is 2.00 bits per heavy atom. The first-order valence-electron chi connectivity index (χ1n) is 6.46. The predicted octanol–water partition coefficient (Wildman–Crippen LogP) is 3.39. The van der Waals surface area contributed by atoms with Gasteiger partial charge in [0, 0.05) is 18.7 Å². The van der Waals surface area contributed by atoms with Crippen molar-refractivity contribution in [1.82, 2.24) is 4.98 Å². The zero-order chi connectivity index (χ0) is 13.1. The normalized spacial score (nSPS) is 16.4. The lowest BCUT2D eigenvalue weighted by Gasteiger charge is -2.16. The number of nitrogens with one attached hydrogen (secondary N) is 2. The van der Waals surface area contributed by atoms with E-state index in [4.69, 9.17) is 0 Å². The molecule has 1 saturated carbocycles. The molecular formula is C13H19F2N3. The van der Waals surface area contributed by atoms with E-state index in [-0.39, 0.29) is 17.7 Å². The van der Waals surface area contributed by atoms with E-state index in [1.165, 1.54) is 12.8 Å². The molecule has 0 aromatic carbocycles. The molecule has 2 rings (SSSR count). The maximum absolute atomic E-state index is 13.6. The summed E-state index contributed by atoms with van der Waals surface area (Å²) in [6, 6.07) is 1.02. The van der Waals surface area contributed by atoms with E-state index in [0.29, 0.717) is 6.54 Å². The highest BCUT2D eigenvalue weighted by molar-refractivity contribution is 5.47. The average molecular weight is 255 g/mol. The maximum Gasteiger partial charge on any atom is 0.168 e. The number of nitrogens with zero attached hydrogens (tertiary/aromatic N) is 1. The topological polar surface area (TPSA) is 37.0 Å². The van der Waals surface area contributed by atoms with Gasteiger partial charge in [-0.05, 0) is 26.2 Å². The van der Waals surface area contributed by atoms with E-state index >= 15 is 0 Å². The van der Waals surface area contributed by atoms with Gasteiger partial charge in [-0.25, -0.2) is 13.8 Å². The first kappa shape index (κ1) is 13.1. The van der Waals surface area contributed by atoms with Crippen LogP contribution in [0.4, 0.5) is 20.4 Å². The predicted molar refractivity (Wildman–Crippen MR) is 68.7 cm³/mol. The van der Waals surface area contributed by atoms with Crippen LogP contribution in [0.25, 0.3) is 0 Å². The van der Waals surface area contributed by atoms with E-state index in [9.17, 15) is 8.78 Å². The van der Waals surface area contributed by atoms with Crippen molar-refractivity contribution in [3.8, 4) is 0 Å². The molecule has 0 aliphatic heterocycles. The SMILES string of the molecule is CCNc1nc(NC(C)CC2CC2)c(F)cc1F. The van der Waals surface area contributed by atoms with Crippen LogP contribution < -0.4 is 10.6 Å². The fourth-order valence-electron chi connectivity index (χ4n) is 2.01. The largest absolute Gasteiger partial charge is 0.368 e. The van der Waals surface area contributed by atoms with Gasteiger partial charge in [0.2, 0.25) is 0 Å². The molecule has 1 aliphatic carbocycles. The summed E-state index contributed by atoms with van der Waals surface area (Å²) in [4.78, 5) is 3.96. The molecule has 18 heavy (non-hydrogen) atoms. The van der Waals surface area contributed by atoms with Crippen molar-refractivity contribution in [2.75, 3.05) is 17.2 Å². The number of halogens is 2. The van der Waals surface area contributed by atoms with Crippen LogP contribution >= 0.6 is 0 Å². The number of hydrogen-bond donors (Lipinski definition) is 2. The lowest BCUT2D eigenvalue weighted by molar-refractivity contribution is 0.571. The smallest absolute Gasteiger partial charge is 0.168 e. The summed E-state index contributed by atoms with van der Waals surface area (Å²) in [6.07, 6.45) is 3.52. The number of pyridine rings is 1. The van der Waals surface area contributed by atoms with Gasteiger partial charge in [0.1, 0.15) is 0 Å². The first-order valence-corrected chi connectivity index (χ1v) is 6.46. The Kier molecular flexibility index (Phi) is 3.99. The molecule has 1 atom stereocenters. The highest BCUT2D eigenvalue weighted by atomic mass is 19.1. The summed E-state index contributed by atoms with van der Waals surface area (Å²) in [7, 11) is 0. The molecule has 1 aromatic rings. The second-order valence-electron chi connectivity index (χ2n) is 4.90. The fraction of sp³-hybridized carbons (Fsp3) is 0.615. The lowest BCUT2D eigenvalue weighted by Crippen LogP contribution is -2.18. The standard InChI is InChI=1S/C13H19F2N3/c1-3-16-12-10(14)7-11(15)13(18-12)17-8(2)6-9-4-5-9/h7-9H,3-6H2,1-2H3,(H2,16,17,18). The number of rotatable bonds is 6. The molecular weight excluding hydrogens is 236 g/mol. The van der Waals surface area contributed by atoms with Crippen molar-refractivity contribution in [3.63, 3.8) is 0 Å². The highest BCUT2D eigenvalue weighted by Gasteiger charge is 2.24. The number of anilines is 2. The van der Waals surface area contributed by atoms with Crippen LogP contribution in [-0.2, 0) is 0 Å². The summed E-state index contributed by atoms with van der Waals surface area (Å²) in [6.45, 7) is 4.38. The monoisotopic (exact) mass is 255 g/mol. The third-order valence-corrected chi connectivity index (χ3v) is 3.04. The highest BCUT2D eigenvalue weighted by Crippen LogP contribution is 2.34. The van der Waals surface area contributed by atoms with E-state index in [2.05, 4.69) is 15.6 Å². The lowest BCUT2D eigenvalue weighted by atomic mass is 10.1. The average Bonchev–Trinajstić information content (AvgIpc) is 3.09. The Morgan fingerprint density at radius 1 is 1.33 bits per heavy atom. The van der Waals surface area contributed by atoms with E-state index < -0.39 is 11.6 Å². The molecule has 1 aliphatic rings. The van der Waals surface area contributed by atoms with Crippen LogP contribution in [0.1, 0.15) is 33.1 Å². The van der Waals surface area contributed by atoms with E-state index in [1.54, 1.807) is 0 Å². The second-order valence-corrected chi connectivity index (χ2v) is 4.90. The molecule has 1 heterocycles. The Hall–Kier alpha value is -1.39. The molecule has 0 bridgehead atoms. The van der Waals surface area contributed by atoms with Crippen LogP contribution in [0, 0.1) is 17.6 Å². The molecule has 0 amide bonds. The van der Waals surface area contributed by atoms with Gasteiger partial charge in [-0.3, -0.25) is 0 Å². The van der Waals surface area contributed by atoms with Crippen molar-refractivity contribution < 1.29 is 8.78 Å². The second kappa shape index (κ2) is 5.50. The first-order chi connectivity index (χ1) is 8.60. The van der Waals surface area contributed by atoms with Crippen molar-refractivity contribution in [3.05, 3.63) is 17.7 Å². The van der Waals surface area contributed by atoms with Crippen LogP contribution in [-0.4, -0.2) is 17.6 Å². The summed E-state index contributed by atoms with van der Waals surface area (Å²) >= 11 is 0. The van der Waals surface area contributed by atoms with Crippen molar-refractivity contribution in [2.45, 2.75) is 39.2 Å². The zero-order valence-corrected chi connectivity index (χ0v) is 10.8. The molecule has 1 aromatic heterocycles. The third-order valence-electron chi connectivity index (χ3n) is 3.04. The zero-order valence-electron chi connectivity index (χ0n) is 10.8. The summed E-state index contributed by atoms with van der Waals surface area (Å²) in [5.41, 5.74) is 0. The Bertz CT molecular complexity index is 419. The van der Waals surface area contributed by atoms with Gasteiger partial charge < -0.3 is 10.6 Å². The van der Waals surface area contributed by atoms with Gasteiger partial charge in [0.05, 0.1) is 0 Å². The Balaban J connectivity index is 2.07. The summed E-state index contributed by atoms with van der Waals surface area (Å²) in [5, 5.41) is 5.79. The quantitative estimate of drug-likeness (QED) is 0.818. The van der Waals surface area contributed by atoms with Crippen LogP contribution in [0.2, 0.25) is 0 Å². The van der Waals surface area contributed by atoms with E-state index in [1.807, 2.05) is 13.8 Å². The summed E-state index contributed by atoms with van der Waals surface area (Å²) in [5.74, 6) is -0.323. The van der Waals surface area contributed by atoms with Gasteiger partial charge in [0.15, 0.2) is 23.3 Å². The fourth-order valence-corrected chi connectivity index (χ4v) is 2.01. The minimum Gasteiger partial charge on any atom is -0.368 e. The van der Waals surface area contributed by atoms with Gasteiger partial charge in [-0.1, -0.05) is 12.8 Å². The van der Waals surface area contributed by atoms with E-state index in [0.717, 1.165) is 18.4 Å². The Labute approximate surface area is 106 Å². The molecule has 5 heteroatoms. The molecule has 0 radical (unpaired) electrons. The van der Waals surface area contributed by atoms with Gasteiger partial charge in [0.25, 0.3) is 0 Å². The third kappa shape index (κ3) is 3.31. The molecule has 2 N–H and O–H groups in total. The number of aromatic nitrogens is 1. The minimum atomic E-state index is -0.658. The molecule has 0 spiro atoms. The van der Waals surface area contributed by atoms with Crippen LogP contribution in [0.3, 0.4) is 0 Å². The molecule has 1 fully saturated rings. The Morgan fingerprint density at radius 3 is 2.61 bits per heavy atom. The molecule has 3 nitrogen and oxygen atoms in total. The molecule has 1 unspecified atom stereocenters. The van der Waals surface area contributed by atoms with Crippen molar-refractivity contribution >= 4 is 11.6 Å². The summed E-state index contributed by atoms with van der Waals surface area (Å²) < 4.78 is 27.0. The number of hydrogen-bond acceptors (Lipinski definition) is 3. The maximum atomic E-state index is 13.6. The molecule has 0 saturated heterocycles. The van der Waals surface area contributed by atoms with Crippen molar-refractivity contribution in [1.29, 1.82) is 0 Å². The van der Waals surface area contributed by atoms with Crippen molar-refractivity contribution in [2.24, 2.45) is 5.92 Å². The van der Waals surface area contributed by atoms with Gasteiger partial charge >= 0.3 is 0 Å². The van der Waals surface area contributed by atoms with Crippen LogP contribution in [0.5, 0.6) is 0 Å². The minimum absolute atomic E-state index is 0.0972. The van der Waals surface area contributed by atoms with Crippen LogP contribution in [0.15, 0.2) is 6.07 Å². The van der Waals surface area contributed by atoms with Gasteiger partial charge in [-0.15, -0.1) is 0 Å².